The van der Waals surface area contributed by atoms with Gasteiger partial charge in [-0.1, -0.05) is 38.8 Å². The molecule has 24 heavy (non-hydrogen) atoms. The number of carbonyl (C=O) groups is 1. The van der Waals surface area contributed by atoms with Gasteiger partial charge in [-0.05, 0) is 36.6 Å². The highest BCUT2D eigenvalue weighted by molar-refractivity contribution is 5.91. The average molecular weight is 343 g/mol. The molecule has 1 rings (SSSR count). The molecule has 0 spiro atoms. The SMILES string of the molecule is CCCCN(CCCC)C(=O)/C=C/c1ccc(OC(F)(F)F)cc1. The highest BCUT2D eigenvalue weighted by Gasteiger charge is 2.30. The first-order chi connectivity index (χ1) is 11.4. The molecule has 0 saturated carbocycles. The maximum absolute atomic E-state index is 12.2. The smallest absolute Gasteiger partial charge is 0.406 e. The van der Waals surface area contributed by atoms with Gasteiger partial charge in [0, 0.05) is 19.2 Å². The fourth-order valence-electron chi connectivity index (χ4n) is 2.08. The molecule has 0 radical (unpaired) electrons. The molecule has 0 atom stereocenters. The Morgan fingerprint density at radius 1 is 1.08 bits per heavy atom. The molecule has 0 aliphatic rings. The number of halogens is 3. The topological polar surface area (TPSA) is 29.5 Å². The molecule has 0 bridgehead atoms. The van der Waals surface area contributed by atoms with E-state index in [4.69, 9.17) is 0 Å². The molecule has 0 saturated heterocycles. The van der Waals surface area contributed by atoms with E-state index in [-0.39, 0.29) is 11.7 Å². The molecule has 1 amide bonds. The van der Waals surface area contributed by atoms with Crippen molar-refractivity contribution in [3.63, 3.8) is 0 Å². The minimum absolute atomic E-state index is 0.0764. The Hall–Kier alpha value is -1.98. The lowest BCUT2D eigenvalue weighted by molar-refractivity contribution is -0.274. The molecule has 3 nitrogen and oxygen atoms in total. The van der Waals surface area contributed by atoms with Gasteiger partial charge in [-0.15, -0.1) is 13.2 Å². The van der Waals surface area contributed by atoms with Gasteiger partial charge in [0.2, 0.25) is 5.91 Å². The number of amides is 1. The van der Waals surface area contributed by atoms with Gasteiger partial charge < -0.3 is 9.64 Å². The quantitative estimate of drug-likeness (QED) is 0.589. The van der Waals surface area contributed by atoms with Crippen molar-refractivity contribution < 1.29 is 22.7 Å². The summed E-state index contributed by atoms with van der Waals surface area (Å²) in [5.74, 6) is -0.356. The van der Waals surface area contributed by atoms with E-state index >= 15 is 0 Å². The molecule has 0 aromatic heterocycles. The maximum atomic E-state index is 12.2. The first-order valence-corrected chi connectivity index (χ1v) is 8.18. The summed E-state index contributed by atoms with van der Waals surface area (Å²) < 4.78 is 40.1. The molecule has 0 N–H and O–H groups in total. The van der Waals surface area contributed by atoms with Crippen LogP contribution in [0, 0.1) is 0 Å². The van der Waals surface area contributed by atoms with Crippen LogP contribution in [0.15, 0.2) is 30.3 Å². The summed E-state index contributed by atoms with van der Waals surface area (Å²) in [6.07, 6.45) is 2.29. The van der Waals surface area contributed by atoms with Gasteiger partial charge in [-0.3, -0.25) is 4.79 Å². The summed E-state index contributed by atoms with van der Waals surface area (Å²) in [6.45, 7) is 5.59. The van der Waals surface area contributed by atoms with Crippen LogP contribution in [0.4, 0.5) is 13.2 Å². The monoisotopic (exact) mass is 343 g/mol. The van der Waals surface area contributed by atoms with Crippen molar-refractivity contribution in [1.82, 2.24) is 4.90 Å². The van der Waals surface area contributed by atoms with Crippen LogP contribution in [0.5, 0.6) is 5.75 Å². The summed E-state index contributed by atoms with van der Waals surface area (Å²) >= 11 is 0. The van der Waals surface area contributed by atoms with Crippen LogP contribution >= 0.6 is 0 Å². The van der Waals surface area contributed by atoms with Crippen LogP contribution in [0.3, 0.4) is 0 Å². The number of rotatable bonds is 9. The van der Waals surface area contributed by atoms with E-state index in [1.165, 1.54) is 30.3 Å². The number of unbranched alkanes of at least 4 members (excludes halogenated alkanes) is 2. The van der Waals surface area contributed by atoms with E-state index < -0.39 is 6.36 Å². The summed E-state index contributed by atoms with van der Waals surface area (Å²) in [6, 6.07) is 5.41. The number of alkyl halides is 3. The lowest BCUT2D eigenvalue weighted by atomic mass is 10.2. The van der Waals surface area contributed by atoms with Crippen molar-refractivity contribution in [3.8, 4) is 5.75 Å². The summed E-state index contributed by atoms with van der Waals surface area (Å²) in [7, 11) is 0. The highest BCUT2D eigenvalue weighted by atomic mass is 19.4. The normalized spacial score (nSPS) is 11.7. The second kappa shape index (κ2) is 10.0. The van der Waals surface area contributed by atoms with Crippen LogP contribution in [0.2, 0.25) is 0 Å². The molecule has 134 valence electrons. The lowest BCUT2D eigenvalue weighted by Gasteiger charge is -2.20. The zero-order valence-electron chi connectivity index (χ0n) is 14.1. The van der Waals surface area contributed by atoms with Crippen molar-refractivity contribution in [2.75, 3.05) is 13.1 Å². The van der Waals surface area contributed by atoms with Gasteiger partial charge in [0.15, 0.2) is 0 Å². The summed E-state index contributed by atoms with van der Waals surface area (Å²) in [5, 5.41) is 0. The third kappa shape index (κ3) is 8.04. The van der Waals surface area contributed by atoms with Crippen molar-refractivity contribution in [3.05, 3.63) is 35.9 Å². The van der Waals surface area contributed by atoms with Gasteiger partial charge >= 0.3 is 6.36 Å². The average Bonchev–Trinajstić information content (AvgIpc) is 2.52. The fourth-order valence-corrected chi connectivity index (χ4v) is 2.08. The largest absolute Gasteiger partial charge is 0.573 e. The predicted octanol–water partition coefficient (Wildman–Crippen LogP) is 5.03. The Morgan fingerprint density at radius 2 is 1.62 bits per heavy atom. The Kier molecular flexibility index (Phi) is 8.36. The molecule has 0 aliphatic heterocycles. The Labute approximate surface area is 141 Å². The Morgan fingerprint density at radius 3 is 2.08 bits per heavy atom. The van der Waals surface area contributed by atoms with Crippen molar-refractivity contribution in [2.24, 2.45) is 0 Å². The minimum Gasteiger partial charge on any atom is -0.406 e. The van der Waals surface area contributed by atoms with E-state index in [9.17, 15) is 18.0 Å². The summed E-state index contributed by atoms with van der Waals surface area (Å²) in [4.78, 5) is 14.1. The number of ether oxygens (including phenoxy) is 1. The molecular formula is C18H24F3NO2. The van der Waals surface area contributed by atoms with E-state index in [0.717, 1.165) is 38.8 Å². The number of hydrogen-bond donors (Lipinski definition) is 0. The lowest BCUT2D eigenvalue weighted by Crippen LogP contribution is -2.31. The van der Waals surface area contributed by atoms with E-state index in [0.29, 0.717) is 5.56 Å². The zero-order valence-corrected chi connectivity index (χ0v) is 14.1. The van der Waals surface area contributed by atoms with E-state index in [1.54, 1.807) is 6.08 Å². The van der Waals surface area contributed by atoms with Gasteiger partial charge in [0.1, 0.15) is 5.75 Å². The third-order valence-electron chi connectivity index (χ3n) is 3.41. The van der Waals surface area contributed by atoms with E-state index in [1.807, 2.05) is 4.90 Å². The third-order valence-corrected chi connectivity index (χ3v) is 3.41. The van der Waals surface area contributed by atoms with Crippen molar-refractivity contribution in [2.45, 2.75) is 45.9 Å². The zero-order chi connectivity index (χ0) is 18.0. The molecular weight excluding hydrogens is 319 g/mol. The van der Waals surface area contributed by atoms with Crippen LogP contribution in [0.25, 0.3) is 6.08 Å². The molecule has 1 aromatic rings. The second-order valence-corrected chi connectivity index (χ2v) is 5.48. The molecule has 6 heteroatoms. The van der Waals surface area contributed by atoms with Gasteiger partial charge in [-0.2, -0.15) is 0 Å². The predicted molar refractivity (Wildman–Crippen MR) is 88.6 cm³/mol. The molecule has 1 aromatic carbocycles. The van der Waals surface area contributed by atoms with Gasteiger partial charge in [0.25, 0.3) is 0 Å². The fraction of sp³-hybridized carbons (Fsp3) is 0.500. The number of nitrogens with zero attached hydrogens (tertiary/aromatic N) is 1. The number of carbonyl (C=O) groups excluding carboxylic acids is 1. The van der Waals surface area contributed by atoms with Crippen LogP contribution in [-0.4, -0.2) is 30.3 Å². The van der Waals surface area contributed by atoms with Crippen molar-refractivity contribution >= 4 is 12.0 Å². The summed E-state index contributed by atoms with van der Waals surface area (Å²) in [5.41, 5.74) is 0.642. The van der Waals surface area contributed by atoms with E-state index in [2.05, 4.69) is 18.6 Å². The maximum Gasteiger partial charge on any atom is 0.573 e. The molecule has 0 fully saturated rings. The van der Waals surface area contributed by atoms with Crippen LogP contribution < -0.4 is 4.74 Å². The van der Waals surface area contributed by atoms with Crippen LogP contribution in [0.1, 0.15) is 45.1 Å². The number of benzene rings is 1. The van der Waals surface area contributed by atoms with Crippen molar-refractivity contribution in [1.29, 1.82) is 0 Å². The van der Waals surface area contributed by atoms with Gasteiger partial charge in [-0.25, -0.2) is 0 Å². The molecule has 0 aliphatic carbocycles. The highest BCUT2D eigenvalue weighted by Crippen LogP contribution is 2.23. The first kappa shape index (κ1) is 20.1. The number of hydrogen-bond acceptors (Lipinski definition) is 2. The first-order valence-electron chi connectivity index (χ1n) is 8.18. The molecule has 0 heterocycles. The minimum atomic E-state index is -4.70. The Balaban J connectivity index is 2.66. The Bertz CT molecular complexity index is 516. The van der Waals surface area contributed by atoms with Gasteiger partial charge in [0.05, 0.1) is 0 Å². The molecule has 0 unspecified atom stereocenters. The van der Waals surface area contributed by atoms with Crippen LogP contribution in [-0.2, 0) is 4.79 Å². The standard InChI is InChI=1S/C18H24F3NO2/c1-3-5-13-22(14-6-4-2)17(23)12-9-15-7-10-16(11-8-15)24-18(19,20)21/h7-12H,3-6,13-14H2,1-2H3/b12-9+. The second-order valence-electron chi connectivity index (χ2n) is 5.48.